The van der Waals surface area contributed by atoms with Crippen LogP contribution in [0.15, 0.2) is 29.4 Å². The lowest BCUT2D eigenvalue weighted by Crippen LogP contribution is -2.27. The molecule has 2 nitrogen and oxygen atoms in total. The van der Waals surface area contributed by atoms with Gasteiger partial charge in [-0.2, -0.15) is 0 Å². The Labute approximate surface area is 101 Å². The average molecular weight is 245 g/mol. The van der Waals surface area contributed by atoms with Gasteiger partial charge in [0.05, 0.1) is 5.03 Å². The van der Waals surface area contributed by atoms with Crippen molar-refractivity contribution in [2.24, 2.45) is 5.73 Å². The summed E-state index contributed by atoms with van der Waals surface area (Å²) in [6.45, 7) is 0. The molecule has 1 heterocycles. The standard InChI is InChI=1S/C11H16N2S.ClH/c12-9-4-6-10(7-5-9)14-11-3-1-2-8-13-11;/h1-3,8-10H,4-7,12H2;1H. The third kappa shape index (κ3) is 4.01. The minimum Gasteiger partial charge on any atom is -0.328 e. The van der Waals surface area contributed by atoms with E-state index < -0.39 is 0 Å². The first-order chi connectivity index (χ1) is 6.84. The smallest absolute Gasteiger partial charge is 0.0962 e. The fraction of sp³-hybridized carbons (Fsp3) is 0.545. The van der Waals surface area contributed by atoms with Gasteiger partial charge in [-0.05, 0) is 37.8 Å². The number of halogens is 1. The largest absolute Gasteiger partial charge is 0.328 e. The molecule has 1 fully saturated rings. The monoisotopic (exact) mass is 244 g/mol. The summed E-state index contributed by atoms with van der Waals surface area (Å²) in [5, 5.41) is 1.87. The van der Waals surface area contributed by atoms with Crippen molar-refractivity contribution >= 4 is 24.2 Å². The van der Waals surface area contributed by atoms with E-state index in [0.29, 0.717) is 6.04 Å². The van der Waals surface area contributed by atoms with Crippen LogP contribution in [0, 0.1) is 0 Å². The summed E-state index contributed by atoms with van der Waals surface area (Å²) in [5.74, 6) is 0. The number of hydrogen-bond donors (Lipinski definition) is 1. The third-order valence-corrected chi connectivity index (χ3v) is 3.93. The molecule has 2 rings (SSSR count). The fourth-order valence-electron chi connectivity index (χ4n) is 1.79. The highest BCUT2D eigenvalue weighted by Crippen LogP contribution is 2.31. The Morgan fingerprint density at radius 2 is 1.93 bits per heavy atom. The highest BCUT2D eigenvalue weighted by molar-refractivity contribution is 7.99. The van der Waals surface area contributed by atoms with Crippen LogP contribution in [-0.4, -0.2) is 16.3 Å². The zero-order valence-corrected chi connectivity index (χ0v) is 10.3. The van der Waals surface area contributed by atoms with E-state index in [1.165, 1.54) is 25.7 Å². The molecule has 0 saturated heterocycles. The first-order valence-electron chi connectivity index (χ1n) is 5.18. The van der Waals surface area contributed by atoms with Crippen molar-refractivity contribution in [1.82, 2.24) is 4.98 Å². The van der Waals surface area contributed by atoms with Gasteiger partial charge in [-0.25, -0.2) is 4.98 Å². The van der Waals surface area contributed by atoms with Gasteiger partial charge < -0.3 is 5.73 Å². The van der Waals surface area contributed by atoms with Crippen LogP contribution < -0.4 is 5.73 Å². The molecule has 0 bridgehead atoms. The van der Waals surface area contributed by atoms with Crippen LogP contribution in [0.3, 0.4) is 0 Å². The Bertz CT molecular complexity index is 273. The molecule has 0 aliphatic heterocycles. The van der Waals surface area contributed by atoms with Crippen LogP contribution in [0.2, 0.25) is 0 Å². The van der Waals surface area contributed by atoms with Crippen molar-refractivity contribution in [2.45, 2.75) is 42.0 Å². The Morgan fingerprint density at radius 3 is 2.53 bits per heavy atom. The van der Waals surface area contributed by atoms with Crippen LogP contribution in [0.5, 0.6) is 0 Å². The molecule has 1 saturated carbocycles. The summed E-state index contributed by atoms with van der Waals surface area (Å²) >= 11 is 1.90. The summed E-state index contributed by atoms with van der Waals surface area (Å²) < 4.78 is 0. The van der Waals surface area contributed by atoms with Gasteiger partial charge in [0.25, 0.3) is 0 Å². The fourth-order valence-corrected chi connectivity index (χ4v) is 2.92. The quantitative estimate of drug-likeness (QED) is 0.870. The van der Waals surface area contributed by atoms with E-state index in [0.717, 1.165) is 10.3 Å². The predicted octanol–water partition coefficient (Wildman–Crippen LogP) is 2.87. The molecule has 1 aromatic heterocycles. The summed E-state index contributed by atoms with van der Waals surface area (Å²) in [6, 6.07) is 6.53. The summed E-state index contributed by atoms with van der Waals surface area (Å²) in [6.07, 6.45) is 6.68. The van der Waals surface area contributed by atoms with Crippen LogP contribution in [0.1, 0.15) is 25.7 Å². The molecule has 2 N–H and O–H groups in total. The summed E-state index contributed by atoms with van der Waals surface area (Å²) in [4.78, 5) is 4.32. The van der Waals surface area contributed by atoms with Crippen molar-refractivity contribution in [2.75, 3.05) is 0 Å². The van der Waals surface area contributed by atoms with Crippen LogP contribution in [0.25, 0.3) is 0 Å². The van der Waals surface area contributed by atoms with E-state index in [4.69, 9.17) is 5.73 Å². The molecule has 0 aromatic carbocycles. The van der Waals surface area contributed by atoms with Crippen molar-refractivity contribution in [3.05, 3.63) is 24.4 Å². The lowest BCUT2D eigenvalue weighted by Gasteiger charge is -2.25. The van der Waals surface area contributed by atoms with Crippen LogP contribution in [-0.2, 0) is 0 Å². The maximum atomic E-state index is 5.87. The Hall–Kier alpha value is -0.250. The minimum atomic E-state index is 0. The second kappa shape index (κ2) is 6.36. The van der Waals surface area contributed by atoms with Crippen LogP contribution in [0.4, 0.5) is 0 Å². The number of thioether (sulfide) groups is 1. The van der Waals surface area contributed by atoms with Gasteiger partial charge in [0.2, 0.25) is 0 Å². The first-order valence-corrected chi connectivity index (χ1v) is 6.06. The highest BCUT2D eigenvalue weighted by atomic mass is 35.5. The number of rotatable bonds is 2. The molecule has 0 atom stereocenters. The van der Waals surface area contributed by atoms with Gasteiger partial charge in [-0.3, -0.25) is 0 Å². The van der Waals surface area contributed by atoms with E-state index >= 15 is 0 Å². The predicted molar refractivity (Wildman–Crippen MR) is 67.6 cm³/mol. The van der Waals surface area contributed by atoms with Gasteiger partial charge in [-0.1, -0.05) is 6.07 Å². The molecule has 15 heavy (non-hydrogen) atoms. The maximum Gasteiger partial charge on any atom is 0.0962 e. The van der Waals surface area contributed by atoms with Crippen molar-refractivity contribution in [1.29, 1.82) is 0 Å². The molecule has 4 heteroatoms. The molecular weight excluding hydrogens is 228 g/mol. The Kier molecular flexibility index (Phi) is 5.43. The Morgan fingerprint density at radius 1 is 1.20 bits per heavy atom. The molecule has 0 radical (unpaired) electrons. The number of nitrogens with zero attached hydrogens (tertiary/aromatic N) is 1. The second-order valence-electron chi connectivity index (χ2n) is 3.82. The number of pyridine rings is 1. The van der Waals surface area contributed by atoms with E-state index in [9.17, 15) is 0 Å². The molecule has 0 unspecified atom stereocenters. The molecular formula is C11H17ClN2S. The molecule has 1 aliphatic carbocycles. The SMILES string of the molecule is Cl.NC1CCC(Sc2ccccn2)CC1. The van der Waals surface area contributed by atoms with Gasteiger partial charge in [0.1, 0.15) is 0 Å². The topological polar surface area (TPSA) is 38.9 Å². The van der Waals surface area contributed by atoms with Gasteiger partial charge in [0, 0.05) is 17.5 Å². The average Bonchev–Trinajstić information content (AvgIpc) is 2.23. The molecule has 0 amide bonds. The van der Waals surface area contributed by atoms with E-state index in [2.05, 4.69) is 11.1 Å². The van der Waals surface area contributed by atoms with Crippen molar-refractivity contribution in [3.8, 4) is 0 Å². The van der Waals surface area contributed by atoms with Crippen molar-refractivity contribution in [3.63, 3.8) is 0 Å². The molecule has 84 valence electrons. The van der Waals surface area contributed by atoms with E-state index in [1.807, 2.05) is 30.1 Å². The third-order valence-electron chi connectivity index (χ3n) is 2.64. The van der Waals surface area contributed by atoms with E-state index in [1.54, 1.807) is 0 Å². The lowest BCUT2D eigenvalue weighted by molar-refractivity contribution is 0.450. The molecule has 1 aromatic rings. The minimum absolute atomic E-state index is 0. The van der Waals surface area contributed by atoms with Crippen molar-refractivity contribution < 1.29 is 0 Å². The zero-order chi connectivity index (χ0) is 9.80. The van der Waals surface area contributed by atoms with Gasteiger partial charge >= 0.3 is 0 Å². The number of aromatic nitrogens is 1. The maximum absolute atomic E-state index is 5.87. The summed E-state index contributed by atoms with van der Waals surface area (Å²) in [5.41, 5.74) is 5.87. The van der Waals surface area contributed by atoms with Crippen LogP contribution >= 0.6 is 24.2 Å². The normalized spacial score (nSPS) is 25.7. The zero-order valence-electron chi connectivity index (χ0n) is 8.63. The molecule has 0 spiro atoms. The first kappa shape index (κ1) is 12.8. The highest BCUT2D eigenvalue weighted by Gasteiger charge is 2.19. The number of nitrogens with two attached hydrogens (primary N) is 1. The molecule has 1 aliphatic rings. The lowest BCUT2D eigenvalue weighted by atomic mass is 9.96. The Balaban J connectivity index is 0.00000112. The van der Waals surface area contributed by atoms with Gasteiger partial charge in [0.15, 0.2) is 0 Å². The number of hydrogen-bond acceptors (Lipinski definition) is 3. The second-order valence-corrected chi connectivity index (χ2v) is 5.14. The van der Waals surface area contributed by atoms with Gasteiger partial charge in [-0.15, -0.1) is 24.2 Å². The van der Waals surface area contributed by atoms with E-state index in [-0.39, 0.29) is 12.4 Å². The summed E-state index contributed by atoms with van der Waals surface area (Å²) in [7, 11) is 0.